The summed E-state index contributed by atoms with van der Waals surface area (Å²) in [5, 5.41) is 5.03. The molecule has 2 aromatic carbocycles. The zero-order valence-corrected chi connectivity index (χ0v) is 22.2. The van der Waals surface area contributed by atoms with Crippen LogP contribution in [0.15, 0.2) is 58.8 Å². The highest BCUT2D eigenvalue weighted by Crippen LogP contribution is 2.37. The maximum atomic E-state index is 13.0. The molecule has 3 aromatic rings. The van der Waals surface area contributed by atoms with E-state index in [2.05, 4.69) is 19.2 Å². The van der Waals surface area contributed by atoms with Crippen molar-refractivity contribution < 1.29 is 22.7 Å². The Labute approximate surface area is 216 Å². The smallest absolute Gasteiger partial charge is 0.341 e. The van der Waals surface area contributed by atoms with E-state index in [1.54, 1.807) is 6.92 Å². The van der Waals surface area contributed by atoms with Crippen molar-refractivity contribution in [3.63, 3.8) is 0 Å². The van der Waals surface area contributed by atoms with E-state index in [1.807, 2.05) is 29.6 Å². The van der Waals surface area contributed by atoms with E-state index >= 15 is 0 Å². The first-order chi connectivity index (χ1) is 17.2. The highest BCUT2D eigenvalue weighted by atomic mass is 32.2. The molecule has 2 heterocycles. The minimum Gasteiger partial charge on any atom is -0.462 e. The van der Waals surface area contributed by atoms with Crippen LogP contribution in [0.4, 0.5) is 5.00 Å². The van der Waals surface area contributed by atoms with Crippen molar-refractivity contribution in [1.29, 1.82) is 0 Å². The van der Waals surface area contributed by atoms with Gasteiger partial charge < -0.3 is 10.1 Å². The van der Waals surface area contributed by atoms with E-state index in [4.69, 9.17) is 4.74 Å². The molecule has 190 valence electrons. The predicted octanol–water partition coefficient (Wildman–Crippen LogP) is 5.75. The standard InChI is InChI=1S/C27H30N2O5S2/c1-4-34-27(31)24-23(20-9-7-19(8-10-20)18(2)3)17-35-26(24)28-25(30)21-11-13-22(14-12-21)36(32,33)29-15-5-6-16-29/h7-14,17-18H,4-6,15-16H2,1-3H3,(H,28,30). The minimum absolute atomic E-state index is 0.163. The molecule has 7 nitrogen and oxygen atoms in total. The quantitative estimate of drug-likeness (QED) is 0.377. The van der Waals surface area contributed by atoms with Gasteiger partial charge >= 0.3 is 5.97 Å². The minimum atomic E-state index is -3.56. The fourth-order valence-corrected chi connectivity index (χ4v) is 6.62. The Morgan fingerprint density at radius 3 is 2.25 bits per heavy atom. The molecule has 1 N–H and O–H groups in total. The number of carbonyl (C=O) groups excluding carboxylic acids is 2. The third kappa shape index (κ3) is 5.38. The van der Waals surface area contributed by atoms with Gasteiger partial charge in [0.05, 0.1) is 11.5 Å². The first-order valence-corrected chi connectivity index (χ1v) is 14.3. The molecule has 4 rings (SSSR count). The number of rotatable bonds is 8. The Balaban J connectivity index is 1.59. The van der Waals surface area contributed by atoms with Gasteiger partial charge in [0.2, 0.25) is 10.0 Å². The van der Waals surface area contributed by atoms with Crippen LogP contribution in [-0.2, 0) is 14.8 Å². The molecule has 0 unspecified atom stereocenters. The molecule has 0 radical (unpaired) electrons. The number of benzene rings is 2. The third-order valence-electron chi connectivity index (χ3n) is 6.21. The van der Waals surface area contributed by atoms with Crippen LogP contribution in [0.3, 0.4) is 0 Å². The van der Waals surface area contributed by atoms with Crippen LogP contribution >= 0.6 is 11.3 Å². The van der Waals surface area contributed by atoms with Crippen LogP contribution in [0.5, 0.6) is 0 Å². The third-order valence-corrected chi connectivity index (χ3v) is 9.01. The number of esters is 1. The van der Waals surface area contributed by atoms with Crippen LogP contribution < -0.4 is 5.32 Å². The lowest BCUT2D eigenvalue weighted by Crippen LogP contribution is -2.27. The van der Waals surface area contributed by atoms with Crippen LogP contribution in [0.25, 0.3) is 11.1 Å². The first kappa shape index (κ1) is 26.1. The summed E-state index contributed by atoms with van der Waals surface area (Å²) in [5.74, 6) is -0.559. The lowest BCUT2D eigenvalue weighted by Gasteiger charge is -2.15. The zero-order valence-electron chi connectivity index (χ0n) is 20.6. The summed E-state index contributed by atoms with van der Waals surface area (Å²) in [6.07, 6.45) is 1.71. The summed E-state index contributed by atoms with van der Waals surface area (Å²) in [7, 11) is -3.56. The summed E-state index contributed by atoms with van der Waals surface area (Å²) in [4.78, 5) is 26.0. The van der Waals surface area contributed by atoms with E-state index in [9.17, 15) is 18.0 Å². The van der Waals surface area contributed by atoms with E-state index in [0.29, 0.717) is 40.7 Å². The van der Waals surface area contributed by atoms with E-state index in [-0.39, 0.29) is 11.5 Å². The Kier molecular flexibility index (Phi) is 7.92. The van der Waals surface area contributed by atoms with Crippen molar-refractivity contribution in [1.82, 2.24) is 4.31 Å². The number of anilines is 1. The number of thiophene rings is 1. The molecule has 1 amide bonds. The highest BCUT2D eigenvalue weighted by Gasteiger charge is 2.27. The molecule has 1 saturated heterocycles. The van der Waals surface area contributed by atoms with Gasteiger partial charge in [-0.25, -0.2) is 13.2 Å². The first-order valence-electron chi connectivity index (χ1n) is 12.0. The molecule has 1 fully saturated rings. The lowest BCUT2D eigenvalue weighted by molar-refractivity contribution is 0.0529. The number of hydrogen-bond acceptors (Lipinski definition) is 6. The van der Waals surface area contributed by atoms with Gasteiger partial charge in [0, 0.05) is 29.6 Å². The number of hydrogen-bond donors (Lipinski definition) is 1. The Morgan fingerprint density at radius 1 is 1.03 bits per heavy atom. The van der Waals surface area contributed by atoms with E-state index < -0.39 is 21.9 Å². The Hall–Kier alpha value is -3.01. The number of sulfonamides is 1. The predicted molar refractivity (Wildman–Crippen MR) is 142 cm³/mol. The number of nitrogens with one attached hydrogen (secondary N) is 1. The number of amides is 1. The molecule has 1 aliphatic heterocycles. The average Bonchev–Trinajstić information content (AvgIpc) is 3.55. The van der Waals surface area contributed by atoms with Crippen molar-refractivity contribution in [2.45, 2.75) is 44.4 Å². The summed E-state index contributed by atoms with van der Waals surface area (Å²) in [6.45, 7) is 7.21. The van der Waals surface area contributed by atoms with Crippen molar-refractivity contribution in [3.8, 4) is 11.1 Å². The van der Waals surface area contributed by atoms with E-state index in [1.165, 1.54) is 45.5 Å². The second-order valence-corrected chi connectivity index (χ2v) is 11.8. The van der Waals surface area contributed by atoms with Crippen molar-refractivity contribution in [2.75, 3.05) is 25.0 Å². The van der Waals surface area contributed by atoms with Gasteiger partial charge in [-0.1, -0.05) is 38.1 Å². The summed E-state index contributed by atoms with van der Waals surface area (Å²) < 4.78 is 32.3. The molecule has 36 heavy (non-hydrogen) atoms. The molecule has 0 bridgehead atoms. The molecule has 0 spiro atoms. The topological polar surface area (TPSA) is 92.8 Å². The fraction of sp³-hybridized carbons (Fsp3) is 0.333. The molecule has 1 aromatic heterocycles. The number of ether oxygens (including phenoxy) is 1. The van der Waals surface area contributed by atoms with Crippen molar-refractivity contribution in [2.24, 2.45) is 0 Å². The van der Waals surface area contributed by atoms with E-state index in [0.717, 1.165) is 18.4 Å². The molecule has 0 atom stereocenters. The number of nitrogens with zero attached hydrogens (tertiary/aromatic N) is 1. The van der Waals surface area contributed by atoms with Crippen LogP contribution in [-0.4, -0.2) is 44.3 Å². The van der Waals surface area contributed by atoms with Gasteiger partial charge in [0.25, 0.3) is 5.91 Å². The highest BCUT2D eigenvalue weighted by molar-refractivity contribution is 7.89. The van der Waals surface area contributed by atoms with Crippen LogP contribution in [0.1, 0.15) is 65.8 Å². The zero-order chi connectivity index (χ0) is 25.9. The van der Waals surface area contributed by atoms with Gasteiger partial charge in [-0.05, 0) is 61.1 Å². The number of carbonyl (C=O) groups is 2. The van der Waals surface area contributed by atoms with Crippen LogP contribution in [0.2, 0.25) is 0 Å². The lowest BCUT2D eigenvalue weighted by atomic mass is 9.98. The summed E-state index contributed by atoms with van der Waals surface area (Å²) in [6, 6.07) is 13.9. The molecule has 9 heteroatoms. The Bertz CT molecular complexity index is 1340. The summed E-state index contributed by atoms with van der Waals surface area (Å²) >= 11 is 1.25. The van der Waals surface area contributed by atoms with Crippen LogP contribution in [0, 0.1) is 0 Å². The van der Waals surface area contributed by atoms with Crippen molar-refractivity contribution >= 4 is 38.2 Å². The molecular formula is C27H30N2O5S2. The maximum absolute atomic E-state index is 13.0. The maximum Gasteiger partial charge on any atom is 0.341 e. The van der Waals surface area contributed by atoms with Gasteiger partial charge in [-0.3, -0.25) is 4.79 Å². The normalized spacial score (nSPS) is 14.2. The van der Waals surface area contributed by atoms with Crippen molar-refractivity contribution in [3.05, 3.63) is 70.6 Å². The molecule has 0 aliphatic carbocycles. The second kappa shape index (κ2) is 10.9. The molecule has 0 saturated carbocycles. The SMILES string of the molecule is CCOC(=O)c1c(-c2ccc(C(C)C)cc2)csc1NC(=O)c1ccc(S(=O)(=O)N2CCCC2)cc1. The largest absolute Gasteiger partial charge is 0.462 e. The van der Waals surface area contributed by atoms with Gasteiger partial charge in [0.1, 0.15) is 10.6 Å². The molecular weight excluding hydrogens is 496 g/mol. The second-order valence-electron chi connectivity index (χ2n) is 8.94. The van der Waals surface area contributed by atoms with Gasteiger partial charge in [-0.15, -0.1) is 11.3 Å². The monoisotopic (exact) mass is 526 g/mol. The van der Waals surface area contributed by atoms with Gasteiger partial charge in [-0.2, -0.15) is 4.31 Å². The Morgan fingerprint density at radius 2 is 1.67 bits per heavy atom. The van der Waals surface area contributed by atoms with Gasteiger partial charge in [0.15, 0.2) is 0 Å². The summed E-state index contributed by atoms with van der Waals surface area (Å²) in [5.41, 5.74) is 3.34. The average molecular weight is 527 g/mol. The molecule has 1 aliphatic rings. The fourth-order valence-electron chi connectivity index (χ4n) is 4.15.